The number of aromatic hydroxyl groups is 1. The Hall–Kier alpha value is -0.650. The molecule has 1 fully saturated rings. The first-order chi connectivity index (χ1) is 9.30. The molecule has 0 bridgehead atoms. The normalized spacial score (nSPS) is 19.1. The molecule has 3 nitrogen and oxygen atoms in total. The van der Waals surface area contributed by atoms with Gasteiger partial charge in [0.25, 0.3) is 0 Å². The first-order valence-corrected chi connectivity index (χ1v) is 7.72. The summed E-state index contributed by atoms with van der Waals surface area (Å²) in [6, 6.07) is 3.11. The van der Waals surface area contributed by atoms with Crippen LogP contribution in [0.1, 0.15) is 32.4 Å². The van der Waals surface area contributed by atoms with Crippen LogP contribution in [0.25, 0.3) is 0 Å². The van der Waals surface area contributed by atoms with Gasteiger partial charge in [-0.25, -0.2) is 4.39 Å². The van der Waals surface area contributed by atoms with Crippen LogP contribution in [0.4, 0.5) is 4.39 Å². The van der Waals surface area contributed by atoms with Crippen molar-refractivity contribution in [2.75, 3.05) is 26.2 Å². The fourth-order valence-corrected chi connectivity index (χ4v) is 3.39. The van der Waals surface area contributed by atoms with Gasteiger partial charge in [-0.2, -0.15) is 0 Å². The highest BCUT2D eigenvalue weighted by Crippen LogP contribution is 2.43. The van der Waals surface area contributed by atoms with Crippen LogP contribution in [-0.2, 0) is 0 Å². The summed E-state index contributed by atoms with van der Waals surface area (Å²) < 4.78 is 14.5. The zero-order chi connectivity index (χ0) is 14.9. The van der Waals surface area contributed by atoms with Crippen molar-refractivity contribution in [3.8, 4) is 5.75 Å². The molecule has 1 atom stereocenters. The minimum Gasteiger partial charge on any atom is -0.505 e. The van der Waals surface area contributed by atoms with E-state index in [9.17, 15) is 9.50 Å². The van der Waals surface area contributed by atoms with Gasteiger partial charge in [0.05, 0.1) is 0 Å². The molecule has 2 rings (SSSR count). The molecule has 0 saturated carbocycles. The van der Waals surface area contributed by atoms with E-state index in [1.807, 2.05) is 6.07 Å². The van der Waals surface area contributed by atoms with E-state index in [2.05, 4.69) is 46.9 Å². The van der Waals surface area contributed by atoms with Crippen molar-refractivity contribution in [1.82, 2.24) is 10.2 Å². The van der Waals surface area contributed by atoms with Crippen molar-refractivity contribution >= 4 is 15.9 Å². The number of halogens is 2. The topological polar surface area (TPSA) is 35.5 Å². The molecule has 1 aliphatic rings. The molecular weight excluding hydrogens is 323 g/mol. The van der Waals surface area contributed by atoms with Gasteiger partial charge >= 0.3 is 0 Å². The summed E-state index contributed by atoms with van der Waals surface area (Å²) in [5.41, 5.74) is 0.563. The SMILES string of the molecule is CC(C)(C)[C@H](c1cc(Br)cc(F)c1O)N1CCNCC1. The first kappa shape index (κ1) is 15.7. The summed E-state index contributed by atoms with van der Waals surface area (Å²) in [6.07, 6.45) is 0. The smallest absolute Gasteiger partial charge is 0.166 e. The molecule has 1 saturated heterocycles. The highest BCUT2D eigenvalue weighted by Gasteiger charge is 2.35. The van der Waals surface area contributed by atoms with Crippen LogP contribution in [0.3, 0.4) is 0 Å². The number of nitrogens with zero attached hydrogens (tertiary/aromatic N) is 1. The summed E-state index contributed by atoms with van der Waals surface area (Å²) in [5, 5.41) is 13.5. The molecule has 0 radical (unpaired) electrons. The molecule has 5 heteroatoms. The van der Waals surface area contributed by atoms with E-state index in [4.69, 9.17) is 0 Å². The molecular formula is C15H22BrFN2O. The third kappa shape index (κ3) is 3.32. The van der Waals surface area contributed by atoms with Crippen LogP contribution in [0, 0.1) is 11.2 Å². The van der Waals surface area contributed by atoms with Crippen molar-refractivity contribution < 1.29 is 9.50 Å². The van der Waals surface area contributed by atoms with E-state index < -0.39 is 5.82 Å². The molecule has 2 N–H and O–H groups in total. The molecule has 0 spiro atoms. The second-order valence-corrected chi connectivity index (χ2v) is 7.30. The predicted octanol–water partition coefficient (Wildman–Crippen LogP) is 3.29. The zero-order valence-corrected chi connectivity index (χ0v) is 13.8. The summed E-state index contributed by atoms with van der Waals surface area (Å²) in [6.45, 7) is 10.0. The zero-order valence-electron chi connectivity index (χ0n) is 12.2. The van der Waals surface area contributed by atoms with Gasteiger partial charge in [0, 0.05) is 42.3 Å². The maximum absolute atomic E-state index is 13.8. The number of benzene rings is 1. The summed E-state index contributed by atoms with van der Waals surface area (Å²) >= 11 is 3.32. The third-order valence-corrected chi connectivity index (χ3v) is 4.15. The molecule has 20 heavy (non-hydrogen) atoms. The Morgan fingerprint density at radius 2 is 1.90 bits per heavy atom. The number of nitrogens with one attached hydrogen (secondary N) is 1. The number of hydrogen-bond donors (Lipinski definition) is 2. The maximum atomic E-state index is 13.8. The van der Waals surface area contributed by atoms with E-state index in [0.29, 0.717) is 10.0 Å². The minimum absolute atomic E-state index is 0.0170. The van der Waals surface area contributed by atoms with Gasteiger partial charge in [0.2, 0.25) is 0 Å². The lowest BCUT2D eigenvalue weighted by molar-refractivity contribution is 0.0837. The highest BCUT2D eigenvalue weighted by atomic mass is 79.9. The van der Waals surface area contributed by atoms with Crippen LogP contribution < -0.4 is 5.32 Å². The monoisotopic (exact) mass is 344 g/mol. The van der Waals surface area contributed by atoms with Gasteiger partial charge in [-0.1, -0.05) is 36.7 Å². The van der Waals surface area contributed by atoms with Crippen LogP contribution in [0.15, 0.2) is 16.6 Å². The van der Waals surface area contributed by atoms with Gasteiger partial charge < -0.3 is 10.4 Å². The number of hydrogen-bond acceptors (Lipinski definition) is 3. The Morgan fingerprint density at radius 3 is 2.45 bits per heavy atom. The molecule has 1 heterocycles. The summed E-state index contributed by atoms with van der Waals surface area (Å²) in [4.78, 5) is 2.32. The number of piperazine rings is 1. The van der Waals surface area contributed by atoms with Gasteiger partial charge in [-0.3, -0.25) is 4.90 Å². The van der Waals surface area contributed by atoms with E-state index in [-0.39, 0.29) is 17.2 Å². The lowest BCUT2D eigenvalue weighted by atomic mass is 9.80. The van der Waals surface area contributed by atoms with Crippen LogP contribution in [0.2, 0.25) is 0 Å². The van der Waals surface area contributed by atoms with Crippen molar-refractivity contribution in [3.63, 3.8) is 0 Å². The fourth-order valence-electron chi connectivity index (χ4n) is 2.95. The quantitative estimate of drug-likeness (QED) is 0.864. The number of rotatable bonds is 2. The van der Waals surface area contributed by atoms with Crippen LogP contribution in [-0.4, -0.2) is 36.2 Å². The molecule has 1 aliphatic heterocycles. The van der Waals surface area contributed by atoms with E-state index >= 15 is 0 Å². The fraction of sp³-hybridized carbons (Fsp3) is 0.600. The van der Waals surface area contributed by atoms with Crippen molar-refractivity contribution in [3.05, 3.63) is 28.0 Å². The molecule has 0 aliphatic carbocycles. The van der Waals surface area contributed by atoms with E-state index in [1.54, 1.807) is 0 Å². The minimum atomic E-state index is -0.571. The predicted molar refractivity (Wildman–Crippen MR) is 82.4 cm³/mol. The van der Waals surface area contributed by atoms with Crippen LogP contribution in [0.5, 0.6) is 5.75 Å². The van der Waals surface area contributed by atoms with Gasteiger partial charge in [0.15, 0.2) is 11.6 Å². The lowest BCUT2D eigenvalue weighted by Crippen LogP contribution is -2.48. The summed E-state index contributed by atoms with van der Waals surface area (Å²) in [5.74, 6) is -0.801. The first-order valence-electron chi connectivity index (χ1n) is 6.93. The van der Waals surface area contributed by atoms with Crippen molar-refractivity contribution in [2.45, 2.75) is 26.8 Å². The summed E-state index contributed by atoms with van der Waals surface area (Å²) in [7, 11) is 0. The Balaban J connectivity index is 2.46. The Bertz CT molecular complexity index is 481. The Labute approximate surface area is 128 Å². The average Bonchev–Trinajstić information content (AvgIpc) is 2.35. The van der Waals surface area contributed by atoms with Crippen molar-refractivity contribution in [1.29, 1.82) is 0 Å². The van der Waals surface area contributed by atoms with Crippen molar-refractivity contribution in [2.24, 2.45) is 5.41 Å². The second kappa shape index (κ2) is 6.00. The molecule has 0 unspecified atom stereocenters. The Kier molecular flexibility index (Phi) is 4.72. The van der Waals surface area contributed by atoms with Gasteiger partial charge in [-0.15, -0.1) is 0 Å². The Morgan fingerprint density at radius 1 is 1.30 bits per heavy atom. The molecule has 1 aromatic carbocycles. The standard InChI is InChI=1S/C15H22BrFN2O/c1-15(2,3)14(19-6-4-18-5-7-19)11-8-10(16)9-12(17)13(11)20/h8-9,14,18,20H,4-7H2,1-3H3/t14-/m0/s1. The molecule has 0 amide bonds. The highest BCUT2D eigenvalue weighted by molar-refractivity contribution is 9.10. The lowest BCUT2D eigenvalue weighted by Gasteiger charge is -2.42. The largest absolute Gasteiger partial charge is 0.505 e. The second-order valence-electron chi connectivity index (χ2n) is 6.38. The average molecular weight is 345 g/mol. The van der Waals surface area contributed by atoms with Crippen LogP contribution >= 0.6 is 15.9 Å². The number of phenolic OH excluding ortho intramolecular Hbond substituents is 1. The molecule has 1 aromatic rings. The van der Waals surface area contributed by atoms with Gasteiger partial charge in [-0.05, 0) is 17.5 Å². The maximum Gasteiger partial charge on any atom is 0.166 e. The van der Waals surface area contributed by atoms with E-state index in [0.717, 1.165) is 26.2 Å². The number of phenols is 1. The molecule has 0 aromatic heterocycles. The van der Waals surface area contributed by atoms with Gasteiger partial charge in [0.1, 0.15) is 0 Å². The molecule has 112 valence electrons. The van der Waals surface area contributed by atoms with E-state index in [1.165, 1.54) is 6.07 Å². The third-order valence-electron chi connectivity index (χ3n) is 3.69.